The van der Waals surface area contributed by atoms with Gasteiger partial charge in [0.05, 0.1) is 0 Å². The van der Waals surface area contributed by atoms with Crippen LogP contribution >= 0.6 is 0 Å². The van der Waals surface area contributed by atoms with Crippen LogP contribution in [0.1, 0.15) is 32.8 Å². The first-order valence-electron chi connectivity index (χ1n) is 6.69. The van der Waals surface area contributed by atoms with Crippen LogP contribution in [0.5, 0.6) is 0 Å². The van der Waals surface area contributed by atoms with Crippen molar-refractivity contribution in [3.05, 3.63) is 35.4 Å². The summed E-state index contributed by atoms with van der Waals surface area (Å²) in [7, 11) is 0. The molecule has 18 heavy (non-hydrogen) atoms. The van der Waals surface area contributed by atoms with E-state index in [1.165, 1.54) is 6.07 Å². The summed E-state index contributed by atoms with van der Waals surface area (Å²) in [5.41, 5.74) is 0.603. The molecule has 0 spiro atoms. The standard InChI is InChI=1S/C15H23F2N/c1-4-7-18-10-12(3)11(2)8-13-5-6-14(16)9-15(13)17/h5-6,9,11-12,18H,4,7-8,10H2,1-3H3. The average Bonchev–Trinajstić information content (AvgIpc) is 2.32. The molecule has 1 aromatic carbocycles. The molecule has 0 aromatic heterocycles. The van der Waals surface area contributed by atoms with Crippen LogP contribution in [0.25, 0.3) is 0 Å². The molecule has 0 saturated heterocycles. The summed E-state index contributed by atoms with van der Waals surface area (Å²) >= 11 is 0. The molecule has 0 heterocycles. The fraction of sp³-hybridized carbons (Fsp3) is 0.600. The molecule has 1 aromatic rings. The van der Waals surface area contributed by atoms with Crippen molar-refractivity contribution in [2.45, 2.75) is 33.6 Å². The van der Waals surface area contributed by atoms with Crippen LogP contribution in [0, 0.1) is 23.5 Å². The summed E-state index contributed by atoms with van der Waals surface area (Å²) in [4.78, 5) is 0. The molecule has 1 N–H and O–H groups in total. The molecule has 0 amide bonds. The van der Waals surface area contributed by atoms with Crippen LogP contribution in [0.3, 0.4) is 0 Å². The predicted octanol–water partition coefficient (Wildman–Crippen LogP) is 3.78. The maximum Gasteiger partial charge on any atom is 0.129 e. The van der Waals surface area contributed by atoms with E-state index in [0.717, 1.165) is 25.6 Å². The second kappa shape index (κ2) is 7.47. The van der Waals surface area contributed by atoms with E-state index in [0.29, 0.717) is 23.8 Å². The van der Waals surface area contributed by atoms with Gasteiger partial charge in [-0.15, -0.1) is 0 Å². The maximum atomic E-state index is 13.5. The second-order valence-electron chi connectivity index (χ2n) is 5.10. The van der Waals surface area contributed by atoms with Gasteiger partial charge in [0.15, 0.2) is 0 Å². The minimum Gasteiger partial charge on any atom is -0.316 e. The highest BCUT2D eigenvalue weighted by Gasteiger charge is 2.14. The molecule has 1 nitrogen and oxygen atoms in total. The van der Waals surface area contributed by atoms with E-state index < -0.39 is 11.6 Å². The Morgan fingerprint density at radius 3 is 2.50 bits per heavy atom. The van der Waals surface area contributed by atoms with Crippen molar-refractivity contribution in [2.24, 2.45) is 11.8 Å². The average molecular weight is 255 g/mol. The van der Waals surface area contributed by atoms with Gasteiger partial charge in [-0.25, -0.2) is 8.78 Å². The molecule has 0 saturated carbocycles. The van der Waals surface area contributed by atoms with E-state index in [9.17, 15) is 8.78 Å². The van der Waals surface area contributed by atoms with Crippen molar-refractivity contribution in [2.75, 3.05) is 13.1 Å². The van der Waals surface area contributed by atoms with Crippen molar-refractivity contribution in [3.8, 4) is 0 Å². The SMILES string of the molecule is CCCNCC(C)C(C)Cc1ccc(F)cc1F. The van der Waals surface area contributed by atoms with E-state index in [1.807, 2.05) is 0 Å². The number of rotatable bonds is 7. The minimum absolute atomic E-state index is 0.370. The Labute approximate surface area is 109 Å². The summed E-state index contributed by atoms with van der Waals surface area (Å²) in [5.74, 6) is -0.104. The molecule has 2 atom stereocenters. The summed E-state index contributed by atoms with van der Waals surface area (Å²) in [6.07, 6.45) is 1.77. The Hall–Kier alpha value is -0.960. The largest absolute Gasteiger partial charge is 0.316 e. The van der Waals surface area contributed by atoms with Crippen molar-refractivity contribution in [1.29, 1.82) is 0 Å². The van der Waals surface area contributed by atoms with Gasteiger partial charge in [-0.3, -0.25) is 0 Å². The first-order chi connectivity index (χ1) is 8.54. The molecule has 2 unspecified atom stereocenters. The molecule has 0 bridgehead atoms. The molecular formula is C15H23F2N. The van der Waals surface area contributed by atoms with Crippen LogP contribution in [0.2, 0.25) is 0 Å². The van der Waals surface area contributed by atoms with Crippen molar-refractivity contribution >= 4 is 0 Å². The molecule has 0 fully saturated rings. The molecule has 102 valence electrons. The van der Waals surface area contributed by atoms with E-state index in [4.69, 9.17) is 0 Å². The normalized spacial score (nSPS) is 14.5. The highest BCUT2D eigenvalue weighted by atomic mass is 19.1. The minimum atomic E-state index is -0.512. The van der Waals surface area contributed by atoms with Gasteiger partial charge in [-0.1, -0.05) is 26.8 Å². The lowest BCUT2D eigenvalue weighted by Crippen LogP contribution is -2.26. The van der Waals surface area contributed by atoms with Crippen LogP contribution in [0.4, 0.5) is 8.78 Å². The first kappa shape index (κ1) is 15.1. The lowest BCUT2D eigenvalue weighted by molar-refractivity contribution is 0.361. The van der Waals surface area contributed by atoms with Gasteiger partial charge in [0, 0.05) is 6.07 Å². The topological polar surface area (TPSA) is 12.0 Å². The lowest BCUT2D eigenvalue weighted by Gasteiger charge is -2.20. The zero-order chi connectivity index (χ0) is 13.5. The highest BCUT2D eigenvalue weighted by molar-refractivity contribution is 5.19. The summed E-state index contributed by atoms with van der Waals surface area (Å²) < 4.78 is 26.3. The third-order valence-corrected chi connectivity index (χ3v) is 3.42. The molecule has 3 heteroatoms. The Morgan fingerprint density at radius 2 is 1.89 bits per heavy atom. The van der Waals surface area contributed by atoms with E-state index >= 15 is 0 Å². The molecule has 0 aliphatic carbocycles. The lowest BCUT2D eigenvalue weighted by atomic mass is 9.89. The van der Waals surface area contributed by atoms with E-state index in [1.54, 1.807) is 6.07 Å². The fourth-order valence-corrected chi connectivity index (χ4v) is 1.94. The van der Waals surface area contributed by atoms with Crippen molar-refractivity contribution < 1.29 is 8.78 Å². The van der Waals surface area contributed by atoms with Gasteiger partial charge >= 0.3 is 0 Å². The predicted molar refractivity (Wildman–Crippen MR) is 71.6 cm³/mol. The zero-order valence-corrected chi connectivity index (χ0v) is 11.5. The van der Waals surface area contributed by atoms with E-state index in [-0.39, 0.29) is 0 Å². The van der Waals surface area contributed by atoms with Gasteiger partial charge < -0.3 is 5.32 Å². The number of hydrogen-bond acceptors (Lipinski definition) is 1. The third-order valence-electron chi connectivity index (χ3n) is 3.42. The summed E-state index contributed by atoms with van der Waals surface area (Å²) in [6.45, 7) is 8.37. The molecule has 1 rings (SSSR count). The van der Waals surface area contributed by atoms with E-state index in [2.05, 4.69) is 26.1 Å². The first-order valence-corrected chi connectivity index (χ1v) is 6.69. The zero-order valence-electron chi connectivity index (χ0n) is 11.5. The number of hydrogen-bond donors (Lipinski definition) is 1. The van der Waals surface area contributed by atoms with Gasteiger partial charge in [0.2, 0.25) is 0 Å². The number of benzene rings is 1. The monoisotopic (exact) mass is 255 g/mol. The van der Waals surface area contributed by atoms with Crippen LogP contribution in [-0.4, -0.2) is 13.1 Å². The molecular weight excluding hydrogens is 232 g/mol. The maximum absolute atomic E-state index is 13.5. The van der Waals surface area contributed by atoms with Gasteiger partial charge in [0.1, 0.15) is 11.6 Å². The summed E-state index contributed by atoms with van der Waals surface area (Å²) in [5, 5.41) is 3.37. The van der Waals surface area contributed by atoms with Crippen LogP contribution < -0.4 is 5.32 Å². The second-order valence-corrected chi connectivity index (χ2v) is 5.10. The molecule has 0 aliphatic rings. The van der Waals surface area contributed by atoms with Gasteiger partial charge in [-0.05, 0) is 49.4 Å². The third kappa shape index (κ3) is 4.73. The Morgan fingerprint density at radius 1 is 1.17 bits per heavy atom. The van der Waals surface area contributed by atoms with Crippen molar-refractivity contribution in [1.82, 2.24) is 5.32 Å². The Bertz CT molecular complexity index is 366. The Kier molecular flexibility index (Phi) is 6.27. The van der Waals surface area contributed by atoms with Gasteiger partial charge in [0.25, 0.3) is 0 Å². The van der Waals surface area contributed by atoms with Crippen molar-refractivity contribution in [3.63, 3.8) is 0 Å². The number of halogens is 2. The molecule has 0 aliphatic heterocycles. The Balaban J connectivity index is 2.50. The molecule has 0 radical (unpaired) electrons. The van der Waals surface area contributed by atoms with Crippen LogP contribution in [0.15, 0.2) is 18.2 Å². The quantitative estimate of drug-likeness (QED) is 0.731. The summed E-state index contributed by atoms with van der Waals surface area (Å²) in [6, 6.07) is 3.83. The van der Waals surface area contributed by atoms with Gasteiger partial charge in [-0.2, -0.15) is 0 Å². The number of nitrogens with one attached hydrogen (secondary N) is 1. The highest BCUT2D eigenvalue weighted by Crippen LogP contribution is 2.19. The van der Waals surface area contributed by atoms with Crippen LogP contribution in [-0.2, 0) is 6.42 Å². The fourth-order valence-electron chi connectivity index (χ4n) is 1.94. The smallest absolute Gasteiger partial charge is 0.129 e.